The van der Waals surface area contributed by atoms with Gasteiger partial charge in [-0.15, -0.1) is 0 Å². The molecule has 308 valence electrons. The molecule has 0 unspecified atom stereocenters. The SMILES string of the molecule is Cc1cc2c(c3ccccc13)-c1cc3c4c5c(ncc4n4c6cnc7c(c6c(c1C2(C)C)c34)C1(C)c2ccccc2C7(C)c2ccccc21)C1(C)c2ccccc2C5(C)c2ccccc21. The Bertz CT molecular complexity index is 4020. The van der Waals surface area contributed by atoms with Gasteiger partial charge in [0.05, 0.1) is 51.2 Å². The molecule has 0 fully saturated rings. The molecule has 3 heteroatoms. The smallest absolute Gasteiger partial charge is 0.0729 e. The molecule has 0 saturated carbocycles. The van der Waals surface area contributed by atoms with Crippen molar-refractivity contribution in [1.29, 1.82) is 0 Å². The average molecular weight is 832 g/mol. The summed E-state index contributed by atoms with van der Waals surface area (Å²) in [5, 5.41) is 8.04. The van der Waals surface area contributed by atoms with Gasteiger partial charge >= 0.3 is 0 Å². The minimum absolute atomic E-state index is 0.287. The number of aryl methyl sites for hydroxylation is 1. The van der Waals surface area contributed by atoms with Gasteiger partial charge in [-0.1, -0.05) is 141 Å². The molecule has 0 spiro atoms. The van der Waals surface area contributed by atoms with E-state index in [1.54, 1.807) is 0 Å². The third-order valence-corrected chi connectivity index (χ3v) is 18.4. The summed E-state index contributed by atoms with van der Waals surface area (Å²) in [6.07, 6.45) is 4.48. The molecule has 11 aromatic rings. The topological polar surface area (TPSA) is 30.2 Å². The number of aromatic nitrogens is 3. The van der Waals surface area contributed by atoms with E-state index < -0.39 is 21.7 Å². The zero-order chi connectivity index (χ0) is 43.5. The molecule has 0 radical (unpaired) electrons. The molecule has 7 aromatic carbocycles. The third-order valence-electron chi connectivity index (χ3n) is 18.4. The molecule has 0 aliphatic heterocycles. The summed E-state index contributed by atoms with van der Waals surface area (Å²) in [6.45, 7) is 17.1. The highest BCUT2D eigenvalue weighted by atomic mass is 15.0. The van der Waals surface area contributed by atoms with Gasteiger partial charge in [0, 0.05) is 37.8 Å². The Morgan fingerprint density at radius 3 is 1.31 bits per heavy atom. The molecule has 18 rings (SSSR count). The van der Waals surface area contributed by atoms with Crippen molar-refractivity contribution in [1.82, 2.24) is 14.4 Å². The van der Waals surface area contributed by atoms with Crippen molar-refractivity contribution < 1.29 is 0 Å². The lowest BCUT2D eigenvalue weighted by molar-refractivity contribution is 0.501. The highest BCUT2D eigenvalue weighted by molar-refractivity contribution is 6.29. The first-order chi connectivity index (χ1) is 31.5. The van der Waals surface area contributed by atoms with Crippen molar-refractivity contribution >= 4 is 48.9 Å². The second kappa shape index (κ2) is 10.5. The quantitative estimate of drug-likeness (QED) is 0.152. The van der Waals surface area contributed by atoms with E-state index in [1.165, 1.54) is 144 Å². The van der Waals surface area contributed by atoms with Crippen molar-refractivity contribution in [3.8, 4) is 11.1 Å². The lowest BCUT2D eigenvalue weighted by Crippen LogP contribution is -2.48. The van der Waals surface area contributed by atoms with Crippen molar-refractivity contribution in [3.05, 3.63) is 230 Å². The molecule has 3 nitrogen and oxygen atoms in total. The number of hydrogen-bond donors (Lipinski definition) is 0. The maximum atomic E-state index is 5.74. The van der Waals surface area contributed by atoms with Crippen LogP contribution >= 0.6 is 0 Å². The number of nitrogens with zero attached hydrogens (tertiary/aromatic N) is 3. The second-order valence-corrected chi connectivity index (χ2v) is 21.4. The summed E-state index contributed by atoms with van der Waals surface area (Å²) >= 11 is 0. The van der Waals surface area contributed by atoms with Gasteiger partial charge in [0.25, 0.3) is 0 Å². The molecule has 4 bridgehead atoms. The van der Waals surface area contributed by atoms with Gasteiger partial charge in [0.2, 0.25) is 0 Å². The van der Waals surface area contributed by atoms with E-state index in [0.717, 1.165) is 0 Å². The van der Waals surface area contributed by atoms with Gasteiger partial charge in [-0.25, -0.2) is 0 Å². The van der Waals surface area contributed by atoms with Gasteiger partial charge in [0.1, 0.15) is 0 Å². The molecule has 4 aromatic heterocycles. The summed E-state index contributed by atoms with van der Waals surface area (Å²) in [7, 11) is 0. The number of rotatable bonds is 0. The summed E-state index contributed by atoms with van der Waals surface area (Å²) < 4.78 is 2.61. The first-order valence-corrected chi connectivity index (χ1v) is 23.5. The van der Waals surface area contributed by atoms with Crippen molar-refractivity contribution in [3.63, 3.8) is 0 Å². The predicted molar refractivity (Wildman–Crippen MR) is 264 cm³/mol. The van der Waals surface area contributed by atoms with E-state index in [0.29, 0.717) is 0 Å². The zero-order valence-corrected chi connectivity index (χ0v) is 37.7. The van der Waals surface area contributed by atoms with Crippen LogP contribution in [0.4, 0.5) is 0 Å². The van der Waals surface area contributed by atoms with Crippen LogP contribution in [0, 0.1) is 6.92 Å². The first-order valence-electron chi connectivity index (χ1n) is 23.5. The van der Waals surface area contributed by atoms with Crippen LogP contribution in [0.25, 0.3) is 60.0 Å². The fraction of sp³-hybridized carbons (Fsp3) is 0.194. The average Bonchev–Trinajstić information content (AvgIpc) is 3.93. The van der Waals surface area contributed by atoms with Crippen molar-refractivity contribution in [2.75, 3.05) is 0 Å². The second-order valence-electron chi connectivity index (χ2n) is 21.4. The summed E-state index contributed by atoms with van der Waals surface area (Å²) in [6, 6.07) is 51.1. The van der Waals surface area contributed by atoms with Gasteiger partial charge in [-0.05, 0) is 135 Å². The Hall–Kier alpha value is -7.10. The summed E-state index contributed by atoms with van der Waals surface area (Å²) in [5.74, 6) is 0. The normalized spacial score (nSPS) is 24.3. The Morgan fingerprint density at radius 2 is 0.815 bits per heavy atom. The van der Waals surface area contributed by atoms with E-state index in [1.807, 2.05) is 0 Å². The number of pyridine rings is 2. The van der Waals surface area contributed by atoms with Crippen LogP contribution in [-0.2, 0) is 27.1 Å². The van der Waals surface area contributed by atoms with E-state index in [-0.39, 0.29) is 5.41 Å². The molecule has 65 heavy (non-hydrogen) atoms. The van der Waals surface area contributed by atoms with E-state index >= 15 is 0 Å². The van der Waals surface area contributed by atoms with Gasteiger partial charge in [-0.3, -0.25) is 9.97 Å². The highest BCUT2D eigenvalue weighted by Gasteiger charge is 2.59. The summed E-state index contributed by atoms with van der Waals surface area (Å²) in [5.41, 5.74) is 24.7. The molecule has 7 aliphatic rings. The van der Waals surface area contributed by atoms with Crippen LogP contribution in [0.1, 0.15) is 125 Å². The van der Waals surface area contributed by atoms with Gasteiger partial charge in [-0.2, -0.15) is 0 Å². The lowest BCUT2D eigenvalue weighted by Gasteiger charge is -2.53. The maximum absolute atomic E-state index is 5.74. The van der Waals surface area contributed by atoms with E-state index in [9.17, 15) is 0 Å². The van der Waals surface area contributed by atoms with Gasteiger partial charge in [0.15, 0.2) is 0 Å². The maximum Gasteiger partial charge on any atom is 0.0729 e. The van der Waals surface area contributed by atoms with Crippen LogP contribution in [0.5, 0.6) is 0 Å². The Balaban J connectivity index is 1.17. The minimum atomic E-state index is -0.432. The number of benzene rings is 7. The lowest BCUT2D eigenvalue weighted by atomic mass is 9.49. The largest absolute Gasteiger partial charge is 0.305 e. The highest BCUT2D eigenvalue weighted by Crippen LogP contribution is 2.67. The fourth-order valence-electron chi connectivity index (χ4n) is 15.7. The van der Waals surface area contributed by atoms with Crippen LogP contribution in [-0.4, -0.2) is 14.4 Å². The van der Waals surface area contributed by atoms with E-state index in [2.05, 4.69) is 199 Å². The van der Waals surface area contributed by atoms with Crippen LogP contribution in [0.3, 0.4) is 0 Å². The fourth-order valence-corrected chi connectivity index (χ4v) is 15.7. The summed E-state index contributed by atoms with van der Waals surface area (Å²) in [4.78, 5) is 11.4. The van der Waals surface area contributed by atoms with E-state index in [4.69, 9.17) is 9.97 Å². The molecular formula is C62H45N3. The molecule has 0 N–H and O–H groups in total. The molecule has 7 aliphatic carbocycles. The molecule has 4 heterocycles. The van der Waals surface area contributed by atoms with Crippen LogP contribution < -0.4 is 0 Å². The Morgan fingerprint density at radius 1 is 0.400 bits per heavy atom. The van der Waals surface area contributed by atoms with Crippen LogP contribution in [0.15, 0.2) is 146 Å². The molecule has 0 amide bonds. The monoisotopic (exact) mass is 831 g/mol. The Kier molecular flexibility index (Phi) is 5.72. The van der Waals surface area contributed by atoms with Crippen LogP contribution in [0.2, 0.25) is 0 Å². The molecule has 0 saturated heterocycles. The first kappa shape index (κ1) is 35.3. The van der Waals surface area contributed by atoms with Crippen molar-refractivity contribution in [2.45, 2.75) is 75.5 Å². The predicted octanol–water partition coefficient (Wildman–Crippen LogP) is 14.1. The number of fused-ring (bicyclic) bond motifs is 12. The third kappa shape index (κ3) is 3.36. The molecular weight excluding hydrogens is 787 g/mol. The molecule has 0 atom stereocenters. The Labute approximate surface area is 377 Å². The standard InChI is InChI=1S/C62H45N3/c1-32-28-45-48(34-19-9-8-18-33(32)34)35-29-36-49-46(30-63-56-53(49)59(4)37-20-10-14-24-41(37)61(56,6)42-25-15-11-21-38(42)59)65-47-31-64-57-54(50(47)51(55(36)65)52(35)58(45,2)3)60(5)39-22-12-16-26-43(39)62(57,7)44-27-17-13-23-40(44)60/h8-31H,1-7H3. The zero-order valence-electron chi connectivity index (χ0n) is 37.7. The van der Waals surface area contributed by atoms with Gasteiger partial charge < -0.3 is 4.40 Å². The van der Waals surface area contributed by atoms with Crippen molar-refractivity contribution in [2.24, 2.45) is 0 Å². The number of hydrogen-bond acceptors (Lipinski definition) is 2. The minimum Gasteiger partial charge on any atom is -0.305 e.